The van der Waals surface area contributed by atoms with Crippen molar-refractivity contribution in [2.24, 2.45) is 10.9 Å². The Morgan fingerprint density at radius 1 is 1.45 bits per heavy atom. The van der Waals surface area contributed by atoms with Gasteiger partial charge in [0.2, 0.25) is 15.9 Å². The highest BCUT2D eigenvalue weighted by Crippen LogP contribution is 2.05. The van der Waals surface area contributed by atoms with E-state index in [1.165, 1.54) is 13.1 Å². The van der Waals surface area contributed by atoms with Crippen LogP contribution in [0.4, 0.5) is 8.78 Å². The van der Waals surface area contributed by atoms with Crippen LogP contribution in [0.1, 0.15) is 20.3 Å². The van der Waals surface area contributed by atoms with Crippen molar-refractivity contribution in [3.8, 4) is 0 Å². The van der Waals surface area contributed by atoms with Crippen molar-refractivity contribution in [3.63, 3.8) is 0 Å². The summed E-state index contributed by atoms with van der Waals surface area (Å²) in [4.78, 5) is 15.0. The summed E-state index contributed by atoms with van der Waals surface area (Å²) in [5.74, 6) is -3.96. The summed E-state index contributed by atoms with van der Waals surface area (Å²) in [5.41, 5.74) is 0. The van der Waals surface area contributed by atoms with Crippen LogP contribution in [0, 0.1) is 5.92 Å². The van der Waals surface area contributed by atoms with Crippen molar-refractivity contribution in [1.82, 2.24) is 4.72 Å². The predicted molar refractivity (Wildman–Crippen MR) is 74.2 cm³/mol. The lowest BCUT2D eigenvalue weighted by Crippen LogP contribution is -2.32. The number of nitrogens with one attached hydrogen (secondary N) is 1. The zero-order valence-corrected chi connectivity index (χ0v) is 12.2. The van der Waals surface area contributed by atoms with Crippen LogP contribution in [0.5, 0.6) is 0 Å². The first kappa shape index (κ1) is 18.6. The first-order valence-electron chi connectivity index (χ1n) is 5.92. The Hall–Kier alpha value is -1.41. The Bertz CT molecular complexity index is 513. The lowest BCUT2D eigenvalue weighted by Gasteiger charge is -2.09. The van der Waals surface area contributed by atoms with Crippen LogP contribution in [0.3, 0.4) is 0 Å². The van der Waals surface area contributed by atoms with Gasteiger partial charge in [-0.2, -0.15) is 0 Å². The van der Waals surface area contributed by atoms with Crippen molar-refractivity contribution in [1.29, 1.82) is 0 Å². The summed E-state index contributed by atoms with van der Waals surface area (Å²) in [6, 6.07) is 0. The van der Waals surface area contributed by atoms with E-state index in [2.05, 4.69) is 11.6 Å². The highest BCUT2D eigenvalue weighted by atomic mass is 32.2. The van der Waals surface area contributed by atoms with Gasteiger partial charge in [-0.1, -0.05) is 20.4 Å². The molecule has 0 saturated carbocycles. The molecule has 0 saturated heterocycles. The van der Waals surface area contributed by atoms with Gasteiger partial charge in [-0.25, -0.2) is 26.9 Å². The van der Waals surface area contributed by atoms with Crippen LogP contribution in [-0.4, -0.2) is 32.8 Å². The number of hydrogen-bond donors (Lipinski definition) is 1. The average Bonchev–Trinajstić information content (AvgIpc) is 2.32. The third kappa shape index (κ3) is 8.65. The van der Waals surface area contributed by atoms with Crippen LogP contribution in [0.2, 0.25) is 0 Å². The molecule has 0 fully saturated rings. The number of nitrogens with zero attached hydrogens (tertiary/aromatic N) is 1. The second-order valence-electron chi connectivity index (χ2n) is 4.10. The third-order valence-electron chi connectivity index (χ3n) is 2.07. The Morgan fingerprint density at radius 2 is 2.05 bits per heavy atom. The van der Waals surface area contributed by atoms with Gasteiger partial charge in [0.25, 0.3) is 0 Å². The van der Waals surface area contributed by atoms with E-state index in [0.29, 0.717) is 12.5 Å². The van der Waals surface area contributed by atoms with Crippen LogP contribution >= 0.6 is 0 Å². The molecule has 1 atom stereocenters. The summed E-state index contributed by atoms with van der Waals surface area (Å²) in [5, 5.41) is 0. The van der Waals surface area contributed by atoms with Crippen molar-refractivity contribution in [3.05, 3.63) is 24.3 Å². The standard InChI is InChI=1S/C12H18F2N2O3S/c1-4-5-15-12(17)9(2)8-20(18,19)16-7-11(14)6-10(3)13/h5-6,9,16H,3-4,7-8H2,1-2H3. The zero-order valence-electron chi connectivity index (χ0n) is 11.4. The van der Waals surface area contributed by atoms with E-state index in [-0.39, 0.29) is 0 Å². The third-order valence-corrected chi connectivity index (χ3v) is 3.59. The van der Waals surface area contributed by atoms with Gasteiger partial charge in [-0.3, -0.25) is 4.79 Å². The molecule has 1 unspecified atom stereocenters. The minimum atomic E-state index is -3.86. The molecule has 5 nitrogen and oxygen atoms in total. The lowest BCUT2D eigenvalue weighted by molar-refractivity contribution is -0.120. The van der Waals surface area contributed by atoms with E-state index in [1.54, 1.807) is 6.92 Å². The first-order chi connectivity index (χ1) is 9.18. The van der Waals surface area contributed by atoms with Crippen molar-refractivity contribution < 1.29 is 22.0 Å². The van der Waals surface area contributed by atoms with E-state index >= 15 is 0 Å². The maximum atomic E-state index is 13.0. The highest BCUT2D eigenvalue weighted by molar-refractivity contribution is 7.89. The quantitative estimate of drug-likeness (QED) is 0.549. The lowest BCUT2D eigenvalue weighted by atomic mass is 10.2. The van der Waals surface area contributed by atoms with Crippen molar-refractivity contribution >= 4 is 22.1 Å². The fourth-order valence-corrected chi connectivity index (χ4v) is 2.44. The van der Waals surface area contributed by atoms with Gasteiger partial charge in [-0.05, 0) is 6.42 Å². The molecule has 0 bridgehead atoms. The largest absolute Gasteiger partial charge is 0.272 e. The number of carbonyl (C=O) groups is 1. The van der Waals surface area contributed by atoms with E-state index in [0.717, 1.165) is 0 Å². The molecule has 1 amide bonds. The van der Waals surface area contributed by atoms with Crippen LogP contribution in [0.25, 0.3) is 0 Å². The number of sulfonamides is 1. The van der Waals surface area contributed by atoms with E-state index in [1.807, 2.05) is 4.72 Å². The molecule has 1 N–H and O–H groups in total. The normalized spacial score (nSPS) is 14.5. The number of hydrogen-bond acceptors (Lipinski definition) is 3. The molecule has 0 aliphatic heterocycles. The van der Waals surface area contributed by atoms with Gasteiger partial charge in [0.15, 0.2) is 0 Å². The molecule has 0 aliphatic carbocycles. The molecular formula is C12H18F2N2O3S. The Morgan fingerprint density at radius 3 is 2.55 bits per heavy atom. The first-order valence-corrected chi connectivity index (χ1v) is 7.57. The Balaban J connectivity index is 4.49. The number of amides is 1. The molecule has 0 aromatic rings. The smallest absolute Gasteiger partial charge is 0.249 e. The van der Waals surface area contributed by atoms with E-state index in [4.69, 9.17) is 0 Å². The molecule has 0 rings (SSSR count). The van der Waals surface area contributed by atoms with Crippen LogP contribution in [0.15, 0.2) is 29.3 Å². The van der Waals surface area contributed by atoms with Gasteiger partial charge >= 0.3 is 0 Å². The molecule has 114 valence electrons. The average molecular weight is 308 g/mol. The maximum Gasteiger partial charge on any atom is 0.249 e. The number of rotatable bonds is 8. The van der Waals surface area contributed by atoms with Gasteiger partial charge in [0.1, 0.15) is 11.7 Å². The number of carbonyl (C=O) groups excluding carboxylic acids is 1. The molecule has 8 heteroatoms. The van der Waals surface area contributed by atoms with Gasteiger partial charge < -0.3 is 0 Å². The second-order valence-corrected chi connectivity index (χ2v) is 5.95. The molecule has 0 aliphatic rings. The maximum absolute atomic E-state index is 13.0. The summed E-state index contributed by atoms with van der Waals surface area (Å²) in [7, 11) is -3.86. The van der Waals surface area contributed by atoms with E-state index in [9.17, 15) is 22.0 Å². The van der Waals surface area contributed by atoms with Crippen LogP contribution in [-0.2, 0) is 14.8 Å². The number of aliphatic imine (C=N–C) groups is 1. The number of halogens is 2. The second kappa shape index (κ2) is 8.70. The summed E-state index contributed by atoms with van der Waals surface area (Å²) in [6.45, 7) is 5.32. The molecule has 0 aromatic heterocycles. The molecular weight excluding hydrogens is 290 g/mol. The fourth-order valence-electron chi connectivity index (χ4n) is 1.17. The SMILES string of the molecule is C=C(F)C=C(F)CNS(=O)(=O)CC(C)C(=O)N=CCC. The fraction of sp³-hybridized carbons (Fsp3) is 0.500. The Labute approximate surface area is 117 Å². The molecule has 0 spiro atoms. The monoisotopic (exact) mass is 308 g/mol. The van der Waals surface area contributed by atoms with Gasteiger partial charge in [-0.15, -0.1) is 0 Å². The summed E-state index contributed by atoms with van der Waals surface area (Å²) < 4.78 is 50.3. The Kier molecular flexibility index (Phi) is 8.09. The summed E-state index contributed by atoms with van der Waals surface area (Å²) >= 11 is 0. The van der Waals surface area contributed by atoms with E-state index < -0.39 is 45.8 Å². The molecule has 20 heavy (non-hydrogen) atoms. The summed E-state index contributed by atoms with van der Waals surface area (Å²) in [6.07, 6.45) is 2.42. The molecule has 0 aromatic carbocycles. The van der Waals surface area contributed by atoms with Crippen LogP contribution < -0.4 is 4.72 Å². The number of allylic oxidation sites excluding steroid dienone is 2. The van der Waals surface area contributed by atoms with Crippen molar-refractivity contribution in [2.45, 2.75) is 20.3 Å². The van der Waals surface area contributed by atoms with Crippen molar-refractivity contribution in [2.75, 3.05) is 12.3 Å². The van der Waals surface area contributed by atoms with Gasteiger partial charge in [0, 0.05) is 12.3 Å². The molecule has 0 radical (unpaired) electrons. The highest BCUT2D eigenvalue weighted by Gasteiger charge is 2.21. The topological polar surface area (TPSA) is 75.6 Å². The van der Waals surface area contributed by atoms with Gasteiger partial charge in [0.05, 0.1) is 18.2 Å². The minimum absolute atomic E-state index is 0.475. The zero-order chi connectivity index (χ0) is 15.8. The molecule has 0 heterocycles. The minimum Gasteiger partial charge on any atom is -0.272 e. The predicted octanol–water partition coefficient (Wildman–Crippen LogP) is 1.89.